The lowest BCUT2D eigenvalue weighted by atomic mass is 10.1. The van der Waals surface area contributed by atoms with Crippen molar-refractivity contribution in [3.05, 3.63) is 81.9 Å². The van der Waals surface area contributed by atoms with Gasteiger partial charge in [0.05, 0.1) is 11.7 Å². The van der Waals surface area contributed by atoms with Crippen molar-refractivity contribution < 1.29 is 22.7 Å². The van der Waals surface area contributed by atoms with Gasteiger partial charge in [-0.3, -0.25) is 9.59 Å². The Morgan fingerprint density at radius 3 is 2.53 bits per heavy atom. The number of aromatic nitrogens is 3. The number of nitrogens with one attached hydrogen (secondary N) is 2. The zero-order valence-corrected chi connectivity index (χ0v) is 19.4. The van der Waals surface area contributed by atoms with Gasteiger partial charge in [0.1, 0.15) is 17.0 Å². The predicted octanol–water partition coefficient (Wildman–Crippen LogP) is 5.59. The molecular formula is C26H23F3N4O3. The molecule has 1 aliphatic carbocycles. The first-order valence-corrected chi connectivity index (χ1v) is 11.6. The number of aryl methyl sites for hydroxylation is 1. The highest BCUT2D eigenvalue weighted by Crippen LogP contribution is 2.38. The van der Waals surface area contributed by atoms with Crippen molar-refractivity contribution in [1.29, 1.82) is 0 Å². The van der Waals surface area contributed by atoms with E-state index in [-0.39, 0.29) is 34.1 Å². The average Bonchev–Trinajstić information content (AvgIpc) is 3.48. The lowest BCUT2D eigenvalue weighted by Crippen LogP contribution is -2.29. The van der Waals surface area contributed by atoms with Crippen molar-refractivity contribution in [2.45, 2.75) is 44.9 Å². The van der Waals surface area contributed by atoms with Crippen LogP contribution in [-0.4, -0.2) is 26.6 Å². The van der Waals surface area contributed by atoms with Crippen molar-refractivity contribution in [2.24, 2.45) is 0 Å². The molecule has 2 N–H and O–H groups in total. The molecule has 2 heterocycles. The van der Waals surface area contributed by atoms with Crippen LogP contribution >= 0.6 is 0 Å². The molecule has 0 spiro atoms. The first-order valence-electron chi connectivity index (χ1n) is 11.6. The lowest BCUT2D eigenvalue weighted by Gasteiger charge is -2.14. The summed E-state index contributed by atoms with van der Waals surface area (Å²) in [5.41, 5.74) is -2.14. The van der Waals surface area contributed by atoms with E-state index in [1.165, 1.54) is 19.1 Å². The zero-order chi connectivity index (χ0) is 25.4. The number of nitrogens with zero attached hydrogens (tertiary/aromatic N) is 2. The van der Waals surface area contributed by atoms with Crippen molar-refractivity contribution in [3.63, 3.8) is 0 Å². The summed E-state index contributed by atoms with van der Waals surface area (Å²) in [5, 5.41) is 6.22. The van der Waals surface area contributed by atoms with Gasteiger partial charge in [-0.15, -0.1) is 0 Å². The molecule has 0 aliphatic heterocycles. The third-order valence-corrected chi connectivity index (χ3v) is 6.23. The van der Waals surface area contributed by atoms with E-state index < -0.39 is 23.3 Å². The molecule has 0 unspecified atom stereocenters. The van der Waals surface area contributed by atoms with E-state index in [9.17, 15) is 22.8 Å². The summed E-state index contributed by atoms with van der Waals surface area (Å²) < 4.78 is 48.1. The van der Waals surface area contributed by atoms with E-state index >= 15 is 0 Å². The maximum atomic E-state index is 13.9. The zero-order valence-electron chi connectivity index (χ0n) is 19.4. The van der Waals surface area contributed by atoms with Crippen LogP contribution in [0.15, 0.2) is 59.4 Å². The van der Waals surface area contributed by atoms with Gasteiger partial charge in [-0.05, 0) is 50.3 Å². The molecule has 5 rings (SSSR count). The van der Waals surface area contributed by atoms with Crippen LogP contribution in [0.2, 0.25) is 0 Å². The summed E-state index contributed by atoms with van der Waals surface area (Å²) in [6, 6.07) is 14.7. The van der Waals surface area contributed by atoms with Crippen LogP contribution < -0.4 is 15.6 Å². The molecule has 0 radical (unpaired) electrons. The summed E-state index contributed by atoms with van der Waals surface area (Å²) in [7, 11) is 0. The Balaban J connectivity index is 1.53. The van der Waals surface area contributed by atoms with Crippen LogP contribution in [0.5, 0.6) is 5.75 Å². The normalized spacial score (nSPS) is 14.3. The van der Waals surface area contributed by atoms with Gasteiger partial charge in [0.2, 0.25) is 0 Å². The molecule has 10 heteroatoms. The number of carbonyl (C=O) groups excluding carboxylic acids is 1. The molecule has 0 bridgehead atoms. The Bertz CT molecular complexity index is 1490. The summed E-state index contributed by atoms with van der Waals surface area (Å²) in [5.74, 6) is -0.172. The van der Waals surface area contributed by atoms with E-state index in [2.05, 4.69) is 15.4 Å². The van der Waals surface area contributed by atoms with E-state index in [4.69, 9.17) is 4.74 Å². The van der Waals surface area contributed by atoms with Gasteiger partial charge >= 0.3 is 6.18 Å². The minimum Gasteiger partial charge on any atom is -0.490 e. The number of aromatic amines is 1. The summed E-state index contributed by atoms with van der Waals surface area (Å²) in [6.45, 7) is 1.46. The number of alkyl halides is 3. The van der Waals surface area contributed by atoms with Crippen molar-refractivity contribution in [3.8, 4) is 16.9 Å². The number of hydrogen-bond acceptors (Lipinski definition) is 4. The van der Waals surface area contributed by atoms with Crippen LogP contribution in [-0.2, 0) is 6.18 Å². The fourth-order valence-corrected chi connectivity index (χ4v) is 4.57. The third kappa shape index (κ3) is 4.46. The van der Waals surface area contributed by atoms with Gasteiger partial charge in [0, 0.05) is 17.4 Å². The Hall–Kier alpha value is -4.08. The number of ether oxygens (including phenoxy) is 1. The largest absolute Gasteiger partial charge is 0.490 e. The van der Waals surface area contributed by atoms with Crippen molar-refractivity contribution in [2.75, 3.05) is 5.32 Å². The monoisotopic (exact) mass is 496 g/mol. The van der Waals surface area contributed by atoms with E-state index in [1.54, 1.807) is 42.5 Å². The second-order valence-electron chi connectivity index (χ2n) is 8.78. The van der Waals surface area contributed by atoms with Gasteiger partial charge in [0.25, 0.3) is 11.5 Å². The lowest BCUT2D eigenvalue weighted by molar-refractivity contribution is -0.140. The highest BCUT2D eigenvalue weighted by atomic mass is 19.4. The number of hydrogen-bond donors (Lipinski definition) is 2. The number of anilines is 1. The quantitative estimate of drug-likeness (QED) is 0.377. The predicted molar refractivity (Wildman–Crippen MR) is 128 cm³/mol. The number of H-pyrrole nitrogens is 1. The van der Waals surface area contributed by atoms with Crippen molar-refractivity contribution in [1.82, 2.24) is 14.6 Å². The Kier molecular flexibility index (Phi) is 6.03. The molecule has 1 fully saturated rings. The second-order valence-corrected chi connectivity index (χ2v) is 8.78. The smallest absolute Gasteiger partial charge is 0.435 e. The topological polar surface area (TPSA) is 88.5 Å². The number of rotatable bonds is 5. The molecular weight excluding hydrogens is 473 g/mol. The van der Waals surface area contributed by atoms with E-state index in [1.807, 2.05) is 0 Å². The molecule has 1 amide bonds. The number of amides is 1. The molecule has 7 nitrogen and oxygen atoms in total. The molecule has 1 aliphatic rings. The van der Waals surface area contributed by atoms with Crippen LogP contribution in [0.4, 0.5) is 18.9 Å². The average molecular weight is 496 g/mol. The molecule has 36 heavy (non-hydrogen) atoms. The number of benzene rings is 2. The second kappa shape index (κ2) is 9.18. The minimum atomic E-state index is -4.81. The van der Waals surface area contributed by atoms with Crippen LogP contribution in [0.3, 0.4) is 0 Å². The highest BCUT2D eigenvalue weighted by molar-refractivity contribution is 6.05. The van der Waals surface area contributed by atoms with Crippen molar-refractivity contribution >= 4 is 17.2 Å². The maximum absolute atomic E-state index is 13.9. The van der Waals surface area contributed by atoms with Gasteiger partial charge in [-0.1, -0.05) is 36.4 Å². The molecule has 186 valence electrons. The fraction of sp³-hybridized carbons (Fsp3) is 0.269. The minimum absolute atomic E-state index is 0.120. The number of halogens is 3. The SMILES string of the molecule is Cc1[nH]c2c(-c3ccccc3)c(C(F)(F)F)nn2c(=O)c1C(=O)Nc1cccc(OC2CCCC2)c1. The fourth-order valence-electron chi connectivity index (χ4n) is 4.57. The Morgan fingerprint density at radius 2 is 1.83 bits per heavy atom. The molecule has 2 aromatic heterocycles. The summed E-state index contributed by atoms with van der Waals surface area (Å²) in [6.07, 6.45) is -0.514. The van der Waals surface area contributed by atoms with Crippen LogP contribution in [0.1, 0.15) is 47.4 Å². The van der Waals surface area contributed by atoms with E-state index in [0.29, 0.717) is 16.0 Å². The molecule has 4 aromatic rings. The first-order chi connectivity index (χ1) is 17.2. The Labute approximate surface area is 203 Å². The van der Waals surface area contributed by atoms with Gasteiger partial charge < -0.3 is 15.0 Å². The number of carbonyl (C=O) groups is 1. The molecule has 0 saturated heterocycles. The summed E-state index contributed by atoms with van der Waals surface area (Å²) in [4.78, 5) is 29.1. The first kappa shape index (κ1) is 23.7. The molecule has 0 atom stereocenters. The van der Waals surface area contributed by atoms with Crippen LogP contribution in [0.25, 0.3) is 16.8 Å². The van der Waals surface area contributed by atoms with Gasteiger partial charge in [0.15, 0.2) is 5.69 Å². The summed E-state index contributed by atoms with van der Waals surface area (Å²) >= 11 is 0. The maximum Gasteiger partial charge on any atom is 0.435 e. The highest BCUT2D eigenvalue weighted by Gasteiger charge is 2.39. The third-order valence-electron chi connectivity index (χ3n) is 6.23. The Morgan fingerprint density at radius 1 is 1.11 bits per heavy atom. The number of fused-ring (bicyclic) bond motifs is 1. The molecule has 1 saturated carbocycles. The van der Waals surface area contributed by atoms with Crippen LogP contribution in [0, 0.1) is 6.92 Å². The van der Waals surface area contributed by atoms with E-state index in [0.717, 1.165) is 25.7 Å². The molecule has 2 aromatic carbocycles. The van der Waals surface area contributed by atoms with Gasteiger partial charge in [-0.25, -0.2) is 0 Å². The standard InChI is InChI=1S/C26H23F3N4O3/c1-15-20(24(34)31-17-10-7-13-19(14-17)36-18-11-5-6-12-18)25(35)33-23(30-15)21(16-8-3-2-4-9-16)22(32-33)26(27,28)29/h2-4,7-10,13-14,18,30H,5-6,11-12H2,1H3,(H,31,34). The van der Waals surface area contributed by atoms with Gasteiger partial charge in [-0.2, -0.15) is 22.8 Å².